The van der Waals surface area contributed by atoms with Crippen LogP contribution in [0.25, 0.3) is 0 Å². The van der Waals surface area contributed by atoms with Gasteiger partial charge in [0.2, 0.25) is 20.0 Å². The zero-order chi connectivity index (χ0) is 16.4. The van der Waals surface area contributed by atoms with E-state index in [1.807, 2.05) is 6.92 Å². The van der Waals surface area contributed by atoms with Crippen LogP contribution in [-0.2, 0) is 20.0 Å². The van der Waals surface area contributed by atoms with Crippen LogP contribution in [0.4, 0.5) is 5.69 Å². The lowest BCUT2D eigenvalue weighted by Crippen LogP contribution is -2.43. The molecule has 0 aromatic heterocycles. The van der Waals surface area contributed by atoms with Crippen molar-refractivity contribution in [3.8, 4) is 0 Å². The fourth-order valence-corrected chi connectivity index (χ4v) is 5.07. The lowest BCUT2D eigenvalue weighted by atomic mass is 10.0. The predicted molar refractivity (Wildman–Crippen MR) is 86.7 cm³/mol. The van der Waals surface area contributed by atoms with E-state index in [0.29, 0.717) is 12.2 Å². The Morgan fingerprint density at radius 3 is 2.32 bits per heavy atom. The molecule has 0 unspecified atom stereocenters. The summed E-state index contributed by atoms with van der Waals surface area (Å²) in [6.45, 7) is 2.54. The van der Waals surface area contributed by atoms with Crippen molar-refractivity contribution >= 4 is 25.7 Å². The van der Waals surface area contributed by atoms with E-state index in [-0.39, 0.29) is 10.9 Å². The van der Waals surface area contributed by atoms with Crippen LogP contribution in [0, 0.1) is 0 Å². The molecular weight excluding hydrogens is 324 g/mol. The first-order valence-electron chi connectivity index (χ1n) is 7.34. The van der Waals surface area contributed by atoms with Gasteiger partial charge in [-0.2, -0.15) is 4.31 Å². The van der Waals surface area contributed by atoms with Crippen LogP contribution < -0.4 is 4.72 Å². The number of anilines is 1. The van der Waals surface area contributed by atoms with Gasteiger partial charge in [0, 0.05) is 18.3 Å². The number of rotatable bonds is 5. The minimum atomic E-state index is -3.53. The van der Waals surface area contributed by atoms with Crippen LogP contribution in [-0.4, -0.2) is 40.0 Å². The summed E-state index contributed by atoms with van der Waals surface area (Å²) in [5, 5.41) is 0. The molecule has 124 valence electrons. The molecule has 0 spiro atoms. The van der Waals surface area contributed by atoms with Crippen molar-refractivity contribution in [2.75, 3.05) is 17.5 Å². The number of benzene rings is 1. The summed E-state index contributed by atoms with van der Waals surface area (Å²) < 4.78 is 51.7. The number of hydrogen-bond acceptors (Lipinski definition) is 4. The Morgan fingerprint density at radius 1 is 1.14 bits per heavy atom. The Hall–Kier alpha value is -1.12. The Labute approximate surface area is 132 Å². The van der Waals surface area contributed by atoms with E-state index in [9.17, 15) is 16.8 Å². The number of piperidine rings is 1. The second-order valence-corrected chi connectivity index (χ2v) is 9.21. The highest BCUT2D eigenvalue weighted by Gasteiger charge is 2.32. The van der Waals surface area contributed by atoms with E-state index in [1.165, 1.54) is 24.3 Å². The molecular formula is C14H22N2O4S2. The first-order chi connectivity index (χ1) is 10.2. The zero-order valence-corrected chi connectivity index (χ0v) is 14.5. The van der Waals surface area contributed by atoms with E-state index in [0.717, 1.165) is 31.9 Å². The molecule has 1 fully saturated rings. The van der Waals surface area contributed by atoms with Gasteiger partial charge in [0.1, 0.15) is 0 Å². The van der Waals surface area contributed by atoms with Crippen molar-refractivity contribution in [3.05, 3.63) is 24.3 Å². The minimum Gasteiger partial charge on any atom is -0.284 e. The molecule has 2 rings (SSSR count). The second kappa shape index (κ2) is 6.55. The van der Waals surface area contributed by atoms with Crippen molar-refractivity contribution in [2.24, 2.45) is 0 Å². The molecule has 1 aromatic carbocycles. The molecule has 1 aliphatic rings. The quantitative estimate of drug-likeness (QED) is 0.884. The van der Waals surface area contributed by atoms with Gasteiger partial charge in [-0.15, -0.1) is 0 Å². The van der Waals surface area contributed by atoms with Crippen molar-refractivity contribution in [3.63, 3.8) is 0 Å². The largest absolute Gasteiger partial charge is 0.284 e. The molecule has 0 bridgehead atoms. The fourth-order valence-electron chi connectivity index (χ4n) is 2.74. The van der Waals surface area contributed by atoms with Gasteiger partial charge < -0.3 is 0 Å². The van der Waals surface area contributed by atoms with Gasteiger partial charge in [0.05, 0.1) is 11.2 Å². The highest BCUT2D eigenvalue weighted by Crippen LogP contribution is 2.27. The lowest BCUT2D eigenvalue weighted by Gasteiger charge is -2.34. The summed E-state index contributed by atoms with van der Waals surface area (Å²) in [6, 6.07) is 5.89. The van der Waals surface area contributed by atoms with Gasteiger partial charge in [0.25, 0.3) is 0 Å². The fraction of sp³-hybridized carbons (Fsp3) is 0.571. The first-order valence-corrected chi connectivity index (χ1v) is 10.7. The molecule has 1 heterocycles. The summed E-state index contributed by atoms with van der Waals surface area (Å²) in [6.07, 6.45) is 4.68. The third-order valence-corrected chi connectivity index (χ3v) is 6.38. The van der Waals surface area contributed by atoms with Crippen LogP contribution in [0.5, 0.6) is 0 Å². The normalized spacial score (nSPS) is 20.7. The van der Waals surface area contributed by atoms with E-state index in [2.05, 4.69) is 4.72 Å². The molecule has 22 heavy (non-hydrogen) atoms. The van der Waals surface area contributed by atoms with Gasteiger partial charge >= 0.3 is 0 Å². The van der Waals surface area contributed by atoms with Crippen LogP contribution in [0.1, 0.15) is 32.6 Å². The van der Waals surface area contributed by atoms with E-state index in [1.54, 1.807) is 4.31 Å². The standard InChI is InChI=1S/C14H22N2O4S2/c1-3-13-6-4-5-11-16(13)22(19,20)14-9-7-12(8-10-14)15-21(2,17)18/h7-10,13,15H,3-6,11H2,1-2H3/t13-/m0/s1. The molecule has 0 aliphatic carbocycles. The number of hydrogen-bond donors (Lipinski definition) is 1. The van der Waals surface area contributed by atoms with Crippen LogP contribution in [0.3, 0.4) is 0 Å². The maximum Gasteiger partial charge on any atom is 0.243 e. The highest BCUT2D eigenvalue weighted by molar-refractivity contribution is 7.92. The summed E-state index contributed by atoms with van der Waals surface area (Å²) in [4.78, 5) is 0.201. The average Bonchev–Trinajstić information content (AvgIpc) is 2.46. The van der Waals surface area contributed by atoms with Crippen molar-refractivity contribution in [1.82, 2.24) is 4.31 Å². The molecule has 1 aliphatic heterocycles. The molecule has 0 radical (unpaired) electrons. The maximum atomic E-state index is 12.7. The summed E-state index contributed by atoms with van der Waals surface area (Å²) in [7, 11) is -6.90. The van der Waals surface area contributed by atoms with Gasteiger partial charge in [-0.1, -0.05) is 13.3 Å². The van der Waals surface area contributed by atoms with Crippen LogP contribution >= 0.6 is 0 Å². The monoisotopic (exact) mass is 346 g/mol. The third kappa shape index (κ3) is 3.99. The maximum absolute atomic E-state index is 12.7. The Morgan fingerprint density at radius 2 is 1.77 bits per heavy atom. The highest BCUT2D eigenvalue weighted by atomic mass is 32.2. The Balaban J connectivity index is 2.25. The number of nitrogens with zero attached hydrogens (tertiary/aromatic N) is 1. The number of nitrogens with one attached hydrogen (secondary N) is 1. The van der Waals surface area contributed by atoms with Gasteiger partial charge in [-0.25, -0.2) is 16.8 Å². The minimum absolute atomic E-state index is 0.0487. The van der Waals surface area contributed by atoms with Gasteiger partial charge in [-0.05, 0) is 43.5 Å². The zero-order valence-electron chi connectivity index (χ0n) is 12.8. The Kier molecular flexibility index (Phi) is 5.14. The molecule has 8 heteroatoms. The SMILES string of the molecule is CC[C@H]1CCCCN1S(=O)(=O)c1ccc(NS(C)(=O)=O)cc1. The molecule has 1 atom stereocenters. The Bertz CT molecular complexity index is 712. The molecule has 0 amide bonds. The van der Waals surface area contributed by atoms with Crippen molar-refractivity contribution in [1.29, 1.82) is 0 Å². The molecule has 6 nitrogen and oxygen atoms in total. The predicted octanol–water partition coefficient (Wildman–Crippen LogP) is 2.01. The van der Waals surface area contributed by atoms with E-state index in [4.69, 9.17) is 0 Å². The second-order valence-electron chi connectivity index (χ2n) is 5.57. The van der Waals surface area contributed by atoms with Crippen molar-refractivity contribution < 1.29 is 16.8 Å². The van der Waals surface area contributed by atoms with E-state index < -0.39 is 20.0 Å². The first kappa shape index (κ1) is 17.2. The van der Waals surface area contributed by atoms with E-state index >= 15 is 0 Å². The summed E-state index contributed by atoms with van der Waals surface area (Å²) in [5.74, 6) is 0. The van der Waals surface area contributed by atoms with Crippen molar-refractivity contribution in [2.45, 2.75) is 43.5 Å². The third-order valence-electron chi connectivity index (χ3n) is 3.81. The van der Waals surface area contributed by atoms with Gasteiger partial charge in [0.15, 0.2) is 0 Å². The average molecular weight is 346 g/mol. The lowest BCUT2D eigenvalue weighted by molar-refractivity contribution is 0.246. The number of sulfonamides is 2. The topological polar surface area (TPSA) is 83.6 Å². The molecule has 1 N–H and O–H groups in total. The van der Waals surface area contributed by atoms with Crippen LogP contribution in [0.15, 0.2) is 29.2 Å². The smallest absolute Gasteiger partial charge is 0.243 e. The van der Waals surface area contributed by atoms with Crippen LogP contribution in [0.2, 0.25) is 0 Å². The molecule has 0 saturated carbocycles. The molecule has 1 saturated heterocycles. The van der Waals surface area contributed by atoms with Gasteiger partial charge in [-0.3, -0.25) is 4.72 Å². The summed E-state index contributed by atoms with van der Waals surface area (Å²) >= 11 is 0. The molecule has 1 aromatic rings. The summed E-state index contributed by atoms with van der Waals surface area (Å²) in [5.41, 5.74) is 0.354.